The molecule has 158 valence electrons. The number of thiazole rings is 1. The molecule has 0 radical (unpaired) electrons. The van der Waals surface area contributed by atoms with Gasteiger partial charge in [-0.3, -0.25) is 9.59 Å². The molecule has 0 saturated carbocycles. The number of hydrogen-bond acceptors (Lipinski definition) is 6. The number of carbonyl (C=O) groups excluding carboxylic acids is 2. The van der Waals surface area contributed by atoms with E-state index in [4.69, 9.17) is 14.2 Å². The fourth-order valence-electron chi connectivity index (χ4n) is 3.10. The van der Waals surface area contributed by atoms with Gasteiger partial charge in [-0.25, -0.2) is 0 Å². The molecule has 0 saturated heterocycles. The predicted molar refractivity (Wildman–Crippen MR) is 115 cm³/mol. The Morgan fingerprint density at radius 1 is 1.13 bits per heavy atom. The molecule has 8 heteroatoms. The van der Waals surface area contributed by atoms with Crippen molar-refractivity contribution in [3.63, 3.8) is 0 Å². The van der Waals surface area contributed by atoms with Gasteiger partial charge in [-0.15, -0.1) is 0 Å². The monoisotopic (exact) mass is 428 g/mol. The molecule has 0 N–H and O–H groups in total. The van der Waals surface area contributed by atoms with Crippen LogP contribution in [0, 0.1) is 6.92 Å². The van der Waals surface area contributed by atoms with Crippen LogP contribution in [-0.4, -0.2) is 37.3 Å². The van der Waals surface area contributed by atoms with E-state index < -0.39 is 5.97 Å². The van der Waals surface area contributed by atoms with Crippen molar-refractivity contribution < 1.29 is 23.8 Å². The first-order valence-electron chi connectivity index (χ1n) is 9.49. The lowest BCUT2D eigenvalue weighted by Crippen LogP contribution is -2.22. The van der Waals surface area contributed by atoms with E-state index in [1.807, 2.05) is 50.2 Å². The Labute approximate surface area is 178 Å². The number of methoxy groups -OCH3 is 2. The number of amides is 1. The van der Waals surface area contributed by atoms with Crippen molar-refractivity contribution in [2.24, 2.45) is 4.99 Å². The summed E-state index contributed by atoms with van der Waals surface area (Å²) in [6, 6.07) is 11.2. The Kier molecular flexibility index (Phi) is 6.89. The average Bonchev–Trinajstić information content (AvgIpc) is 3.04. The highest BCUT2D eigenvalue weighted by atomic mass is 32.1. The summed E-state index contributed by atoms with van der Waals surface area (Å²) in [4.78, 5) is 29.4. The second kappa shape index (κ2) is 9.58. The number of ether oxygens (including phenoxy) is 3. The van der Waals surface area contributed by atoms with Gasteiger partial charge < -0.3 is 18.8 Å². The van der Waals surface area contributed by atoms with Crippen molar-refractivity contribution in [3.8, 4) is 11.5 Å². The van der Waals surface area contributed by atoms with E-state index in [0.29, 0.717) is 17.2 Å². The molecule has 0 unspecified atom stereocenters. The molecule has 0 aliphatic carbocycles. The van der Waals surface area contributed by atoms with Crippen LogP contribution in [0.3, 0.4) is 0 Å². The third kappa shape index (κ3) is 4.88. The summed E-state index contributed by atoms with van der Waals surface area (Å²) >= 11 is 1.32. The van der Waals surface area contributed by atoms with Gasteiger partial charge in [0.25, 0.3) is 5.91 Å². The van der Waals surface area contributed by atoms with Crippen LogP contribution in [-0.2, 0) is 27.3 Å². The molecule has 1 amide bonds. The first kappa shape index (κ1) is 21.6. The molecule has 0 aliphatic heterocycles. The SMILES string of the molecule is CCOc1ccc2c(c1)sc(=NC(=O)Cc1cc(C)ccc1OC)n2CC(=O)OC. The summed E-state index contributed by atoms with van der Waals surface area (Å²) in [6.45, 7) is 4.38. The minimum absolute atomic E-state index is 0.0373. The lowest BCUT2D eigenvalue weighted by atomic mass is 10.1. The minimum atomic E-state index is -0.419. The van der Waals surface area contributed by atoms with Crippen molar-refractivity contribution >= 4 is 33.4 Å². The smallest absolute Gasteiger partial charge is 0.325 e. The summed E-state index contributed by atoms with van der Waals surface area (Å²) < 4.78 is 18.3. The molecular weight excluding hydrogens is 404 g/mol. The van der Waals surface area contributed by atoms with E-state index in [0.717, 1.165) is 27.1 Å². The van der Waals surface area contributed by atoms with E-state index in [9.17, 15) is 9.59 Å². The highest BCUT2D eigenvalue weighted by Crippen LogP contribution is 2.24. The van der Waals surface area contributed by atoms with Gasteiger partial charge >= 0.3 is 5.97 Å². The second-order valence-electron chi connectivity index (χ2n) is 6.61. The zero-order valence-electron chi connectivity index (χ0n) is 17.4. The van der Waals surface area contributed by atoms with Crippen LogP contribution in [0.1, 0.15) is 18.1 Å². The molecular formula is C22H24N2O5S. The van der Waals surface area contributed by atoms with Crippen molar-refractivity contribution in [1.82, 2.24) is 4.57 Å². The lowest BCUT2D eigenvalue weighted by molar-refractivity contribution is -0.141. The molecule has 30 heavy (non-hydrogen) atoms. The van der Waals surface area contributed by atoms with Crippen molar-refractivity contribution in [1.29, 1.82) is 0 Å². The third-order valence-electron chi connectivity index (χ3n) is 4.48. The van der Waals surface area contributed by atoms with Gasteiger partial charge in [-0.05, 0) is 38.1 Å². The number of fused-ring (bicyclic) bond motifs is 1. The Morgan fingerprint density at radius 3 is 2.63 bits per heavy atom. The van der Waals surface area contributed by atoms with Gasteiger partial charge in [0.2, 0.25) is 0 Å². The minimum Gasteiger partial charge on any atom is -0.496 e. The van der Waals surface area contributed by atoms with E-state index in [1.54, 1.807) is 11.7 Å². The van der Waals surface area contributed by atoms with Crippen LogP contribution in [0.4, 0.5) is 0 Å². The molecule has 7 nitrogen and oxygen atoms in total. The number of esters is 1. The third-order valence-corrected chi connectivity index (χ3v) is 5.52. The summed E-state index contributed by atoms with van der Waals surface area (Å²) in [5.74, 6) is 0.620. The zero-order valence-corrected chi connectivity index (χ0v) is 18.2. The van der Waals surface area contributed by atoms with Crippen molar-refractivity contribution in [2.45, 2.75) is 26.8 Å². The molecule has 0 atom stereocenters. The van der Waals surface area contributed by atoms with Gasteiger partial charge in [-0.1, -0.05) is 29.0 Å². The van der Waals surface area contributed by atoms with Crippen molar-refractivity contribution in [2.75, 3.05) is 20.8 Å². The van der Waals surface area contributed by atoms with Gasteiger partial charge in [0.15, 0.2) is 4.80 Å². The maximum Gasteiger partial charge on any atom is 0.325 e. The van der Waals surface area contributed by atoms with Crippen LogP contribution in [0.2, 0.25) is 0 Å². The maximum atomic E-state index is 12.7. The van der Waals surface area contributed by atoms with Gasteiger partial charge in [0, 0.05) is 5.56 Å². The van der Waals surface area contributed by atoms with E-state index in [1.165, 1.54) is 18.4 Å². The zero-order chi connectivity index (χ0) is 21.7. The highest BCUT2D eigenvalue weighted by Gasteiger charge is 2.14. The molecule has 0 fully saturated rings. The molecule has 1 heterocycles. The first-order chi connectivity index (χ1) is 14.4. The number of aryl methyl sites for hydroxylation is 1. The Bertz CT molecular complexity index is 1150. The first-order valence-corrected chi connectivity index (χ1v) is 10.3. The molecule has 0 aliphatic rings. The quantitative estimate of drug-likeness (QED) is 0.540. The fourth-order valence-corrected chi connectivity index (χ4v) is 4.17. The fraction of sp³-hybridized carbons (Fsp3) is 0.318. The second-order valence-corrected chi connectivity index (χ2v) is 7.62. The van der Waals surface area contributed by atoms with E-state index >= 15 is 0 Å². The largest absolute Gasteiger partial charge is 0.496 e. The van der Waals surface area contributed by atoms with Crippen LogP contribution < -0.4 is 14.3 Å². The topological polar surface area (TPSA) is 79.1 Å². The van der Waals surface area contributed by atoms with Crippen LogP contribution in [0.15, 0.2) is 41.4 Å². The molecule has 3 rings (SSSR count). The van der Waals surface area contributed by atoms with Crippen LogP contribution in [0.5, 0.6) is 11.5 Å². The molecule has 1 aromatic heterocycles. The maximum absolute atomic E-state index is 12.7. The summed E-state index contributed by atoms with van der Waals surface area (Å²) in [6.07, 6.45) is 0.0987. The number of rotatable bonds is 7. The van der Waals surface area contributed by atoms with Crippen molar-refractivity contribution in [3.05, 3.63) is 52.3 Å². The Hall–Kier alpha value is -3.13. The predicted octanol–water partition coefficient (Wildman–Crippen LogP) is 3.26. The summed E-state index contributed by atoms with van der Waals surface area (Å²) in [5, 5.41) is 0. The summed E-state index contributed by atoms with van der Waals surface area (Å²) in [7, 11) is 2.90. The molecule has 0 spiro atoms. The van der Waals surface area contributed by atoms with Gasteiger partial charge in [-0.2, -0.15) is 4.99 Å². The Morgan fingerprint density at radius 2 is 1.93 bits per heavy atom. The normalized spacial score (nSPS) is 11.5. The van der Waals surface area contributed by atoms with Gasteiger partial charge in [0.1, 0.15) is 18.0 Å². The van der Waals surface area contributed by atoms with Crippen LogP contribution in [0.25, 0.3) is 10.2 Å². The average molecular weight is 429 g/mol. The van der Waals surface area contributed by atoms with Crippen LogP contribution >= 0.6 is 11.3 Å². The number of carbonyl (C=O) groups is 2. The highest BCUT2D eigenvalue weighted by molar-refractivity contribution is 7.16. The molecule has 3 aromatic rings. The molecule has 0 bridgehead atoms. The van der Waals surface area contributed by atoms with E-state index in [2.05, 4.69) is 4.99 Å². The summed E-state index contributed by atoms with van der Waals surface area (Å²) in [5.41, 5.74) is 2.59. The Balaban J connectivity index is 2.03. The number of benzene rings is 2. The molecule has 2 aromatic carbocycles. The standard InChI is InChI=1S/C22H24N2O5S/c1-5-29-16-7-8-17-19(12-16)30-22(24(17)13-21(26)28-4)23-20(25)11-15-10-14(2)6-9-18(15)27-3/h6-10,12H,5,11,13H2,1-4H3. The number of hydrogen-bond donors (Lipinski definition) is 0. The van der Waals surface area contributed by atoms with Gasteiger partial charge in [0.05, 0.1) is 37.5 Å². The van der Waals surface area contributed by atoms with E-state index in [-0.39, 0.29) is 18.9 Å². The number of nitrogens with zero attached hydrogens (tertiary/aromatic N) is 2. The lowest BCUT2D eigenvalue weighted by Gasteiger charge is -2.07. The number of aromatic nitrogens is 1.